The monoisotopic (exact) mass is 472 g/mol. The molecule has 3 aromatic carbocycles. The van der Waals surface area contributed by atoms with Crippen LogP contribution in [0.3, 0.4) is 0 Å². The third-order valence-electron chi connectivity index (χ3n) is 4.26. The predicted molar refractivity (Wildman–Crippen MR) is 114 cm³/mol. The summed E-state index contributed by atoms with van der Waals surface area (Å²) in [6.45, 7) is 0. The Hall–Kier alpha value is -4.10. The number of nitriles is 1. The third-order valence-corrected chi connectivity index (χ3v) is 5.51. The molecule has 3 aromatic rings. The quantitative estimate of drug-likeness (QED) is 0.309. The molecule has 0 aliphatic carbocycles. The molecular formula is C23H15F3N2O4S. The van der Waals surface area contributed by atoms with Gasteiger partial charge >= 0.3 is 16.3 Å². The summed E-state index contributed by atoms with van der Waals surface area (Å²) in [5.41, 5.74) is -1.49. The molecule has 33 heavy (non-hydrogen) atoms. The fourth-order valence-corrected chi connectivity index (χ4v) is 3.68. The fraction of sp³-hybridized carbons (Fsp3) is 0.0435. The summed E-state index contributed by atoms with van der Waals surface area (Å²) in [4.78, 5) is 12.4. The number of nitrogens with zero attached hydrogens (tertiary/aromatic N) is 1. The summed E-state index contributed by atoms with van der Waals surface area (Å²) in [5, 5.41) is 11.6. The van der Waals surface area contributed by atoms with E-state index < -0.39 is 33.3 Å². The van der Waals surface area contributed by atoms with Gasteiger partial charge in [-0.05, 0) is 42.5 Å². The first kappa shape index (κ1) is 23.6. The highest BCUT2D eigenvalue weighted by Gasteiger charge is 2.30. The van der Waals surface area contributed by atoms with Gasteiger partial charge in [0.2, 0.25) is 0 Å². The SMILES string of the molecule is N#C/C(=C\c1ccccc1OS(=O)(=O)c1ccccc1)C(=O)Nc1cccc(C(F)(F)F)c1. The highest BCUT2D eigenvalue weighted by molar-refractivity contribution is 7.87. The Balaban J connectivity index is 1.88. The minimum absolute atomic E-state index is 0.0911. The molecule has 6 nitrogen and oxygen atoms in total. The second-order valence-electron chi connectivity index (χ2n) is 6.59. The van der Waals surface area contributed by atoms with E-state index in [-0.39, 0.29) is 21.9 Å². The van der Waals surface area contributed by atoms with Crippen molar-refractivity contribution < 1.29 is 30.6 Å². The number of anilines is 1. The summed E-state index contributed by atoms with van der Waals surface area (Å²) >= 11 is 0. The molecule has 0 aromatic heterocycles. The second-order valence-corrected chi connectivity index (χ2v) is 8.14. The van der Waals surface area contributed by atoms with Crippen LogP contribution in [-0.2, 0) is 21.1 Å². The second kappa shape index (κ2) is 9.58. The number of hydrogen-bond acceptors (Lipinski definition) is 5. The van der Waals surface area contributed by atoms with E-state index in [1.807, 2.05) is 0 Å². The van der Waals surface area contributed by atoms with Gasteiger partial charge in [0.1, 0.15) is 22.3 Å². The topological polar surface area (TPSA) is 96.3 Å². The first-order valence-electron chi connectivity index (χ1n) is 9.29. The van der Waals surface area contributed by atoms with Gasteiger partial charge in [0.25, 0.3) is 5.91 Å². The Bertz CT molecular complexity index is 1350. The van der Waals surface area contributed by atoms with Gasteiger partial charge in [-0.25, -0.2) is 0 Å². The van der Waals surface area contributed by atoms with Crippen molar-refractivity contribution in [1.29, 1.82) is 5.26 Å². The standard InChI is InChI=1S/C23H15F3N2O4S/c24-23(25,26)18-8-6-9-19(14-18)28-22(29)17(15-27)13-16-7-4-5-12-21(16)32-33(30,31)20-10-2-1-3-11-20/h1-14H,(H,28,29)/b17-13+. The molecule has 0 aliphatic heterocycles. The van der Waals surface area contributed by atoms with Gasteiger partial charge in [-0.1, -0.05) is 42.5 Å². The number of para-hydroxylation sites is 1. The first-order valence-corrected chi connectivity index (χ1v) is 10.7. The zero-order valence-electron chi connectivity index (χ0n) is 16.7. The van der Waals surface area contributed by atoms with Gasteiger partial charge in [-0.15, -0.1) is 0 Å². The van der Waals surface area contributed by atoms with Crippen molar-refractivity contribution >= 4 is 27.8 Å². The molecule has 0 bridgehead atoms. The highest BCUT2D eigenvalue weighted by atomic mass is 32.2. The average molecular weight is 472 g/mol. The molecule has 0 heterocycles. The lowest BCUT2D eigenvalue weighted by Gasteiger charge is -2.11. The van der Waals surface area contributed by atoms with Gasteiger partial charge in [0, 0.05) is 11.3 Å². The van der Waals surface area contributed by atoms with Crippen LogP contribution in [0.5, 0.6) is 5.75 Å². The number of rotatable bonds is 6. The molecule has 0 atom stereocenters. The van der Waals surface area contributed by atoms with Gasteiger partial charge in [-0.3, -0.25) is 4.79 Å². The van der Waals surface area contributed by atoms with Crippen LogP contribution in [-0.4, -0.2) is 14.3 Å². The van der Waals surface area contributed by atoms with E-state index in [0.29, 0.717) is 0 Å². The lowest BCUT2D eigenvalue weighted by Crippen LogP contribution is -2.15. The lowest BCUT2D eigenvalue weighted by atomic mass is 10.1. The van der Waals surface area contributed by atoms with Crippen LogP contribution >= 0.6 is 0 Å². The number of benzene rings is 3. The Morgan fingerprint density at radius 2 is 1.64 bits per heavy atom. The van der Waals surface area contributed by atoms with Crippen LogP contribution in [0, 0.1) is 11.3 Å². The van der Waals surface area contributed by atoms with Crippen LogP contribution in [0.4, 0.5) is 18.9 Å². The summed E-state index contributed by atoms with van der Waals surface area (Å²) in [5.74, 6) is -1.11. The minimum atomic E-state index is -4.60. The van der Waals surface area contributed by atoms with Crippen molar-refractivity contribution in [3.05, 3.63) is 95.6 Å². The molecule has 1 amide bonds. The maximum atomic E-state index is 12.9. The van der Waals surface area contributed by atoms with Crippen LogP contribution in [0.2, 0.25) is 0 Å². The molecule has 0 saturated carbocycles. The summed E-state index contributed by atoms with van der Waals surface area (Å²) in [7, 11) is -4.19. The summed E-state index contributed by atoms with van der Waals surface area (Å²) in [6.07, 6.45) is -3.52. The zero-order valence-corrected chi connectivity index (χ0v) is 17.5. The van der Waals surface area contributed by atoms with E-state index in [4.69, 9.17) is 4.18 Å². The van der Waals surface area contributed by atoms with Crippen LogP contribution in [0.15, 0.2) is 89.3 Å². The van der Waals surface area contributed by atoms with Crippen LogP contribution < -0.4 is 9.50 Å². The number of hydrogen-bond donors (Lipinski definition) is 1. The molecule has 0 aliphatic rings. The largest absolute Gasteiger partial charge is 0.416 e. The molecule has 3 rings (SSSR count). The molecule has 0 saturated heterocycles. The lowest BCUT2D eigenvalue weighted by molar-refractivity contribution is -0.137. The van der Waals surface area contributed by atoms with Crippen molar-refractivity contribution in [1.82, 2.24) is 0 Å². The van der Waals surface area contributed by atoms with Crippen LogP contribution in [0.25, 0.3) is 6.08 Å². The van der Waals surface area contributed by atoms with Crippen molar-refractivity contribution in [2.45, 2.75) is 11.1 Å². The maximum Gasteiger partial charge on any atom is 0.416 e. The molecule has 1 N–H and O–H groups in total. The summed E-state index contributed by atoms with van der Waals surface area (Å²) in [6, 6.07) is 18.8. The molecule has 0 radical (unpaired) electrons. The molecular weight excluding hydrogens is 457 g/mol. The Morgan fingerprint density at radius 1 is 0.970 bits per heavy atom. The van der Waals surface area contributed by atoms with Crippen molar-refractivity contribution in [2.75, 3.05) is 5.32 Å². The van der Waals surface area contributed by atoms with Crippen molar-refractivity contribution in [3.63, 3.8) is 0 Å². The zero-order chi connectivity index (χ0) is 24.1. The fourth-order valence-electron chi connectivity index (χ4n) is 2.70. The summed E-state index contributed by atoms with van der Waals surface area (Å²) < 4.78 is 68.9. The smallest absolute Gasteiger partial charge is 0.378 e. The number of nitrogens with one attached hydrogen (secondary N) is 1. The Labute approximate surface area is 187 Å². The van der Waals surface area contributed by atoms with Gasteiger partial charge in [0.15, 0.2) is 0 Å². The van der Waals surface area contributed by atoms with Crippen LogP contribution in [0.1, 0.15) is 11.1 Å². The molecule has 10 heteroatoms. The Morgan fingerprint density at radius 3 is 2.30 bits per heavy atom. The van der Waals surface area contributed by atoms with E-state index in [1.54, 1.807) is 12.1 Å². The van der Waals surface area contributed by atoms with E-state index in [0.717, 1.165) is 24.3 Å². The molecule has 0 spiro atoms. The maximum absolute atomic E-state index is 12.9. The minimum Gasteiger partial charge on any atom is -0.378 e. The number of halogens is 3. The van der Waals surface area contributed by atoms with Crippen molar-refractivity contribution in [2.24, 2.45) is 0 Å². The number of carbonyl (C=O) groups is 1. The van der Waals surface area contributed by atoms with Gasteiger partial charge in [0.05, 0.1) is 5.56 Å². The predicted octanol–water partition coefficient (Wildman–Crippen LogP) is 5.02. The number of amides is 1. The van der Waals surface area contributed by atoms with Gasteiger partial charge < -0.3 is 9.50 Å². The van der Waals surface area contributed by atoms with Crippen molar-refractivity contribution in [3.8, 4) is 11.8 Å². The van der Waals surface area contributed by atoms with Gasteiger partial charge in [-0.2, -0.15) is 26.9 Å². The normalized spacial score (nSPS) is 12.0. The molecule has 168 valence electrons. The van der Waals surface area contributed by atoms with E-state index in [2.05, 4.69) is 5.32 Å². The van der Waals surface area contributed by atoms with E-state index >= 15 is 0 Å². The Kier molecular flexibility index (Phi) is 6.84. The van der Waals surface area contributed by atoms with E-state index in [1.165, 1.54) is 54.6 Å². The highest BCUT2D eigenvalue weighted by Crippen LogP contribution is 2.31. The van der Waals surface area contributed by atoms with E-state index in [9.17, 15) is 31.6 Å². The number of carbonyl (C=O) groups excluding carboxylic acids is 1. The molecule has 0 fully saturated rings. The average Bonchev–Trinajstić information content (AvgIpc) is 2.78. The number of alkyl halides is 3. The molecule has 0 unspecified atom stereocenters. The third kappa shape index (κ3) is 5.99. The first-order chi connectivity index (χ1) is 15.6.